The lowest BCUT2D eigenvalue weighted by atomic mass is 10.1. The van der Waals surface area contributed by atoms with Crippen LogP contribution in [0.15, 0.2) is 53.3 Å². The van der Waals surface area contributed by atoms with Crippen molar-refractivity contribution in [3.63, 3.8) is 0 Å². The van der Waals surface area contributed by atoms with Gasteiger partial charge in [-0.1, -0.05) is 30.3 Å². The van der Waals surface area contributed by atoms with Crippen LogP contribution in [-0.2, 0) is 0 Å². The summed E-state index contributed by atoms with van der Waals surface area (Å²) < 4.78 is 0. The molecule has 0 aliphatic carbocycles. The van der Waals surface area contributed by atoms with Crippen molar-refractivity contribution in [3.05, 3.63) is 64.4 Å². The summed E-state index contributed by atoms with van der Waals surface area (Å²) in [5.74, 6) is 0.541. The van der Waals surface area contributed by atoms with Gasteiger partial charge in [0.25, 0.3) is 5.56 Å². The first-order valence-corrected chi connectivity index (χ1v) is 8.92. The average Bonchev–Trinajstić information content (AvgIpc) is 2.69. The van der Waals surface area contributed by atoms with E-state index in [9.17, 15) is 14.4 Å². The van der Waals surface area contributed by atoms with E-state index in [1.165, 1.54) is 6.92 Å². The summed E-state index contributed by atoms with van der Waals surface area (Å²) in [7, 11) is 0. The smallest absolute Gasteiger partial charge is 0.319 e. The summed E-state index contributed by atoms with van der Waals surface area (Å²) in [6, 6.07) is 13.7. The number of carbonyl (C=O) groups excluding carboxylic acids is 2. The van der Waals surface area contributed by atoms with Gasteiger partial charge in [0, 0.05) is 29.7 Å². The highest BCUT2D eigenvalue weighted by molar-refractivity contribution is 5.96. The Bertz CT molecular complexity index is 1060. The highest BCUT2D eigenvalue weighted by Crippen LogP contribution is 2.16. The molecule has 0 saturated heterocycles. The van der Waals surface area contributed by atoms with Crippen LogP contribution in [0.3, 0.4) is 0 Å². The molecule has 2 amide bonds. The molecule has 2 aromatic carbocycles. The highest BCUT2D eigenvalue weighted by Gasteiger charge is 2.06. The monoisotopic (exact) mass is 379 g/mol. The summed E-state index contributed by atoms with van der Waals surface area (Å²) >= 11 is 0. The minimum atomic E-state index is -0.340. The average molecular weight is 379 g/mol. The number of carbonyl (C=O) groups is 2. The van der Waals surface area contributed by atoms with Crippen molar-refractivity contribution in [3.8, 4) is 0 Å². The number of H-pyrrole nitrogens is 1. The van der Waals surface area contributed by atoms with Crippen LogP contribution in [0.2, 0.25) is 0 Å². The fourth-order valence-corrected chi connectivity index (χ4v) is 2.74. The van der Waals surface area contributed by atoms with Gasteiger partial charge in [0.05, 0.1) is 5.39 Å². The van der Waals surface area contributed by atoms with Crippen LogP contribution in [0.4, 0.5) is 16.3 Å². The standard InChI is InChI=1S/C20H21N5O3/c1-13(26)14-6-4-7-15(12-14)23-20(28)22-11-5-10-21-18-16-8-2-3-9-17(16)19(27)25-24-18/h2-4,6-9,12H,5,10-11H2,1H3,(H,21,24)(H,25,27)(H2,22,23,28). The van der Waals surface area contributed by atoms with Crippen LogP contribution in [0, 0.1) is 0 Å². The third-order valence-corrected chi connectivity index (χ3v) is 4.15. The molecule has 0 unspecified atom stereocenters. The van der Waals surface area contributed by atoms with Gasteiger partial charge in [-0.3, -0.25) is 9.59 Å². The van der Waals surface area contributed by atoms with Gasteiger partial charge in [0.1, 0.15) is 0 Å². The molecule has 0 fully saturated rings. The van der Waals surface area contributed by atoms with E-state index < -0.39 is 0 Å². The maximum absolute atomic E-state index is 12.0. The molecule has 0 spiro atoms. The van der Waals surface area contributed by atoms with Gasteiger partial charge in [-0.15, -0.1) is 0 Å². The Morgan fingerprint density at radius 3 is 2.61 bits per heavy atom. The van der Waals surface area contributed by atoms with Gasteiger partial charge >= 0.3 is 6.03 Å². The lowest BCUT2D eigenvalue weighted by Crippen LogP contribution is -2.30. The maximum atomic E-state index is 12.0. The molecule has 28 heavy (non-hydrogen) atoms. The number of rotatable bonds is 7. The zero-order valence-corrected chi connectivity index (χ0v) is 15.4. The molecule has 1 aromatic heterocycles. The molecule has 8 nitrogen and oxygen atoms in total. The van der Waals surface area contributed by atoms with Gasteiger partial charge in [-0.05, 0) is 31.5 Å². The van der Waals surface area contributed by atoms with Crippen molar-refractivity contribution < 1.29 is 9.59 Å². The number of urea groups is 1. The topological polar surface area (TPSA) is 116 Å². The zero-order chi connectivity index (χ0) is 19.9. The van der Waals surface area contributed by atoms with Crippen molar-refractivity contribution in [2.45, 2.75) is 13.3 Å². The highest BCUT2D eigenvalue weighted by atomic mass is 16.2. The lowest BCUT2D eigenvalue weighted by molar-refractivity contribution is 0.101. The van der Waals surface area contributed by atoms with Gasteiger partial charge < -0.3 is 16.0 Å². The molecule has 0 aliphatic heterocycles. The van der Waals surface area contributed by atoms with Gasteiger partial charge in [-0.2, -0.15) is 5.10 Å². The van der Waals surface area contributed by atoms with Crippen molar-refractivity contribution in [2.24, 2.45) is 0 Å². The second kappa shape index (κ2) is 8.81. The predicted molar refractivity (Wildman–Crippen MR) is 109 cm³/mol. The Labute approximate surface area is 161 Å². The molecule has 3 aromatic rings. The molecule has 0 bridgehead atoms. The van der Waals surface area contributed by atoms with E-state index >= 15 is 0 Å². The van der Waals surface area contributed by atoms with Crippen molar-refractivity contribution >= 4 is 34.1 Å². The van der Waals surface area contributed by atoms with E-state index in [-0.39, 0.29) is 17.4 Å². The van der Waals surface area contributed by atoms with Crippen LogP contribution in [0.5, 0.6) is 0 Å². The van der Waals surface area contributed by atoms with E-state index in [0.29, 0.717) is 42.0 Å². The molecule has 0 saturated carbocycles. The first kappa shape index (κ1) is 19.1. The normalized spacial score (nSPS) is 10.5. The molecule has 0 aliphatic rings. The zero-order valence-electron chi connectivity index (χ0n) is 15.4. The fourth-order valence-electron chi connectivity index (χ4n) is 2.74. The summed E-state index contributed by atoms with van der Waals surface area (Å²) in [5.41, 5.74) is 0.878. The Hall–Kier alpha value is -3.68. The van der Waals surface area contributed by atoms with Crippen molar-refractivity contribution in [2.75, 3.05) is 23.7 Å². The van der Waals surface area contributed by atoms with Crippen LogP contribution in [0.25, 0.3) is 10.8 Å². The number of anilines is 2. The minimum Gasteiger partial charge on any atom is -0.368 e. The Balaban J connectivity index is 1.46. The quantitative estimate of drug-likeness (QED) is 0.372. The number of hydrogen-bond donors (Lipinski definition) is 4. The second-order valence-corrected chi connectivity index (χ2v) is 6.25. The first-order chi connectivity index (χ1) is 13.5. The predicted octanol–water partition coefficient (Wildman–Crippen LogP) is 2.75. The first-order valence-electron chi connectivity index (χ1n) is 8.92. The third-order valence-electron chi connectivity index (χ3n) is 4.15. The molecule has 4 N–H and O–H groups in total. The molecule has 144 valence electrons. The van der Waals surface area contributed by atoms with Gasteiger partial charge in [-0.25, -0.2) is 9.89 Å². The van der Waals surface area contributed by atoms with E-state index in [0.717, 1.165) is 5.39 Å². The summed E-state index contributed by atoms with van der Waals surface area (Å²) in [6.07, 6.45) is 0.663. The molecule has 3 rings (SSSR count). The number of nitrogens with one attached hydrogen (secondary N) is 4. The van der Waals surface area contributed by atoms with E-state index in [1.54, 1.807) is 36.4 Å². The summed E-state index contributed by atoms with van der Waals surface area (Å²) in [5, 5.41) is 16.5. The molecule has 1 heterocycles. The number of fused-ring (bicyclic) bond motifs is 1. The number of amides is 2. The molecular formula is C20H21N5O3. The third kappa shape index (κ3) is 4.73. The van der Waals surface area contributed by atoms with E-state index in [4.69, 9.17) is 0 Å². The summed E-state index contributed by atoms with van der Waals surface area (Å²) in [4.78, 5) is 35.1. The Morgan fingerprint density at radius 2 is 1.82 bits per heavy atom. The van der Waals surface area contributed by atoms with Crippen LogP contribution < -0.4 is 21.5 Å². The molecule has 8 heteroatoms. The van der Waals surface area contributed by atoms with E-state index in [2.05, 4.69) is 26.1 Å². The number of aromatic amines is 1. The number of Topliss-reactive ketones (excluding diaryl/α,β-unsaturated/α-hetero) is 1. The van der Waals surface area contributed by atoms with Crippen LogP contribution in [-0.4, -0.2) is 35.1 Å². The SMILES string of the molecule is CC(=O)c1cccc(NC(=O)NCCCNc2n[nH]c(=O)c3ccccc23)c1. The van der Waals surface area contributed by atoms with Crippen molar-refractivity contribution in [1.82, 2.24) is 15.5 Å². The number of aromatic nitrogens is 2. The second-order valence-electron chi connectivity index (χ2n) is 6.25. The van der Waals surface area contributed by atoms with Gasteiger partial charge in [0.2, 0.25) is 0 Å². The molecule has 0 radical (unpaired) electrons. The summed E-state index contributed by atoms with van der Waals surface area (Å²) in [6.45, 7) is 2.50. The van der Waals surface area contributed by atoms with E-state index in [1.807, 2.05) is 12.1 Å². The van der Waals surface area contributed by atoms with Crippen LogP contribution in [0.1, 0.15) is 23.7 Å². The largest absolute Gasteiger partial charge is 0.368 e. The molecular weight excluding hydrogens is 358 g/mol. The number of nitrogens with zero attached hydrogens (tertiary/aromatic N) is 1. The number of hydrogen-bond acceptors (Lipinski definition) is 5. The van der Waals surface area contributed by atoms with Crippen LogP contribution >= 0.6 is 0 Å². The Kier molecular flexibility index (Phi) is 6.01. The minimum absolute atomic E-state index is 0.0569. The fraction of sp³-hybridized carbons (Fsp3) is 0.200. The maximum Gasteiger partial charge on any atom is 0.319 e. The number of ketones is 1. The number of benzene rings is 2. The Morgan fingerprint density at radius 1 is 1.04 bits per heavy atom. The van der Waals surface area contributed by atoms with Gasteiger partial charge in [0.15, 0.2) is 11.6 Å². The van der Waals surface area contributed by atoms with Crippen molar-refractivity contribution in [1.29, 1.82) is 0 Å². The lowest BCUT2D eigenvalue weighted by Gasteiger charge is -2.10. The molecule has 0 atom stereocenters.